The first-order chi connectivity index (χ1) is 10.1. The minimum atomic E-state index is 0.500. The third-order valence-electron chi connectivity index (χ3n) is 4.14. The number of hydrogen-bond donors (Lipinski definition) is 1. The second-order valence-corrected chi connectivity index (χ2v) is 6.86. The zero-order chi connectivity index (χ0) is 15.2. The third kappa shape index (κ3) is 5.19. The van der Waals surface area contributed by atoms with E-state index >= 15 is 0 Å². The van der Waals surface area contributed by atoms with Gasteiger partial charge in [-0.2, -0.15) is 0 Å². The van der Waals surface area contributed by atoms with Crippen LogP contribution in [0.3, 0.4) is 0 Å². The monoisotopic (exact) mass is 308 g/mol. The van der Waals surface area contributed by atoms with Crippen molar-refractivity contribution >= 4 is 17.3 Å². The fraction of sp³-hybridized carbons (Fsp3) is 0.667. The van der Waals surface area contributed by atoms with Crippen molar-refractivity contribution in [2.24, 2.45) is 0 Å². The Balaban J connectivity index is 2.12. The maximum absolute atomic E-state index is 6.25. The molecule has 2 rings (SSSR count). The van der Waals surface area contributed by atoms with Crippen molar-refractivity contribution in [2.75, 3.05) is 11.4 Å². The number of unbranched alkanes of at least 4 members (excludes halogenated alkanes) is 2. The first-order valence-electron chi connectivity index (χ1n) is 8.40. The van der Waals surface area contributed by atoms with E-state index in [4.69, 9.17) is 11.6 Å². The smallest absolute Gasteiger partial charge is 0.0429 e. The molecule has 0 spiro atoms. The quantitative estimate of drug-likeness (QED) is 0.646. The van der Waals surface area contributed by atoms with Gasteiger partial charge in [0.15, 0.2) is 0 Å². The molecule has 1 aliphatic rings. The van der Waals surface area contributed by atoms with Gasteiger partial charge in [0.2, 0.25) is 0 Å². The fourth-order valence-electron chi connectivity index (χ4n) is 2.68. The van der Waals surface area contributed by atoms with E-state index in [1.54, 1.807) is 0 Å². The van der Waals surface area contributed by atoms with Gasteiger partial charge in [-0.1, -0.05) is 37.4 Å². The Labute approximate surface area is 134 Å². The summed E-state index contributed by atoms with van der Waals surface area (Å²) in [6.45, 7) is 8.86. The van der Waals surface area contributed by atoms with Gasteiger partial charge in [-0.05, 0) is 50.8 Å². The summed E-state index contributed by atoms with van der Waals surface area (Å²) in [7, 11) is 0. The van der Waals surface area contributed by atoms with Crippen molar-refractivity contribution in [2.45, 2.75) is 71.5 Å². The Morgan fingerprint density at radius 2 is 2.05 bits per heavy atom. The van der Waals surface area contributed by atoms with Gasteiger partial charge in [-0.15, -0.1) is 0 Å². The molecule has 0 amide bonds. The van der Waals surface area contributed by atoms with Crippen LogP contribution in [0.5, 0.6) is 0 Å². The molecular weight excluding hydrogens is 280 g/mol. The molecule has 21 heavy (non-hydrogen) atoms. The highest BCUT2D eigenvalue weighted by atomic mass is 35.5. The molecule has 0 saturated heterocycles. The summed E-state index contributed by atoms with van der Waals surface area (Å²) in [6.07, 6.45) is 6.45. The zero-order valence-electron chi connectivity index (χ0n) is 13.7. The van der Waals surface area contributed by atoms with Gasteiger partial charge in [0.1, 0.15) is 0 Å². The zero-order valence-corrected chi connectivity index (χ0v) is 14.4. The number of benzene rings is 1. The van der Waals surface area contributed by atoms with Gasteiger partial charge >= 0.3 is 0 Å². The van der Waals surface area contributed by atoms with E-state index in [9.17, 15) is 0 Å². The highest BCUT2D eigenvalue weighted by Gasteiger charge is 2.21. The highest BCUT2D eigenvalue weighted by molar-refractivity contribution is 6.30. The number of anilines is 1. The van der Waals surface area contributed by atoms with Crippen LogP contribution in [0.25, 0.3) is 0 Å². The van der Waals surface area contributed by atoms with Crippen molar-refractivity contribution in [1.82, 2.24) is 5.32 Å². The maximum Gasteiger partial charge on any atom is 0.0429 e. The second kappa shape index (κ2) is 8.05. The molecule has 0 unspecified atom stereocenters. The Morgan fingerprint density at radius 1 is 1.29 bits per heavy atom. The number of rotatable bonds is 9. The van der Waals surface area contributed by atoms with E-state index in [-0.39, 0.29) is 0 Å². The average molecular weight is 309 g/mol. The van der Waals surface area contributed by atoms with E-state index < -0.39 is 0 Å². The van der Waals surface area contributed by atoms with Crippen molar-refractivity contribution in [3.05, 3.63) is 28.8 Å². The fourth-order valence-corrected chi connectivity index (χ4v) is 2.85. The van der Waals surface area contributed by atoms with Gasteiger partial charge in [-0.3, -0.25) is 0 Å². The molecule has 1 fully saturated rings. The topological polar surface area (TPSA) is 15.3 Å². The first-order valence-corrected chi connectivity index (χ1v) is 8.78. The predicted molar refractivity (Wildman–Crippen MR) is 93.3 cm³/mol. The Morgan fingerprint density at radius 3 is 2.67 bits per heavy atom. The predicted octanol–water partition coefficient (Wildman–Crippen LogP) is 5.00. The molecule has 3 heteroatoms. The number of nitrogens with zero attached hydrogens (tertiary/aromatic N) is 1. The number of hydrogen-bond acceptors (Lipinski definition) is 2. The van der Waals surface area contributed by atoms with Gasteiger partial charge in [-0.25, -0.2) is 0 Å². The molecule has 0 heterocycles. The summed E-state index contributed by atoms with van der Waals surface area (Å²) in [5.41, 5.74) is 2.68. The molecule has 1 N–H and O–H groups in total. The molecule has 0 bridgehead atoms. The minimum Gasteiger partial charge on any atom is -0.369 e. The summed E-state index contributed by atoms with van der Waals surface area (Å²) in [5.74, 6) is 0. The molecule has 0 atom stereocenters. The summed E-state index contributed by atoms with van der Waals surface area (Å²) in [5, 5.41) is 4.46. The molecule has 0 aliphatic heterocycles. The maximum atomic E-state index is 6.25. The lowest BCUT2D eigenvalue weighted by Crippen LogP contribution is -2.33. The summed E-state index contributed by atoms with van der Waals surface area (Å²) in [6, 6.07) is 7.57. The average Bonchev–Trinajstić information content (AvgIpc) is 3.26. The van der Waals surface area contributed by atoms with Gasteiger partial charge in [0.05, 0.1) is 0 Å². The van der Waals surface area contributed by atoms with Crippen molar-refractivity contribution in [3.8, 4) is 0 Å². The molecular formula is C18H29ClN2. The van der Waals surface area contributed by atoms with Crippen LogP contribution in [-0.2, 0) is 6.54 Å². The molecule has 1 aromatic carbocycles. The highest BCUT2D eigenvalue weighted by Crippen LogP contribution is 2.28. The van der Waals surface area contributed by atoms with E-state index in [1.807, 2.05) is 6.07 Å². The normalized spacial score (nSPS) is 14.7. The van der Waals surface area contributed by atoms with Crippen LogP contribution in [0.1, 0.15) is 58.4 Å². The van der Waals surface area contributed by atoms with Gasteiger partial charge in [0, 0.05) is 35.9 Å². The lowest BCUT2D eigenvalue weighted by atomic mass is 10.1. The lowest BCUT2D eigenvalue weighted by Gasteiger charge is -2.31. The largest absolute Gasteiger partial charge is 0.369 e. The standard InChI is InChI=1S/C18H29ClN2/c1-4-5-6-11-21(14(2)3)18-12-16(19)8-7-15(18)13-20-17-9-10-17/h7-8,12,14,17,20H,4-6,9-11,13H2,1-3H3. The van der Waals surface area contributed by atoms with E-state index in [1.165, 1.54) is 43.4 Å². The van der Waals surface area contributed by atoms with E-state index in [0.717, 1.165) is 24.2 Å². The van der Waals surface area contributed by atoms with E-state index in [2.05, 4.69) is 43.1 Å². The summed E-state index contributed by atoms with van der Waals surface area (Å²) >= 11 is 6.25. The Bertz CT molecular complexity index is 441. The van der Waals surface area contributed by atoms with Crippen LogP contribution in [0.2, 0.25) is 5.02 Å². The van der Waals surface area contributed by atoms with Crippen molar-refractivity contribution in [1.29, 1.82) is 0 Å². The van der Waals surface area contributed by atoms with Crippen molar-refractivity contribution < 1.29 is 0 Å². The number of halogens is 1. The SMILES string of the molecule is CCCCCN(c1cc(Cl)ccc1CNC1CC1)C(C)C. The van der Waals surface area contributed by atoms with Crippen LogP contribution >= 0.6 is 11.6 Å². The van der Waals surface area contributed by atoms with Crippen LogP contribution in [0, 0.1) is 0 Å². The van der Waals surface area contributed by atoms with Crippen LogP contribution in [0.15, 0.2) is 18.2 Å². The van der Waals surface area contributed by atoms with Crippen LogP contribution < -0.4 is 10.2 Å². The molecule has 1 aromatic rings. The molecule has 1 saturated carbocycles. The van der Waals surface area contributed by atoms with Gasteiger partial charge < -0.3 is 10.2 Å². The summed E-state index contributed by atoms with van der Waals surface area (Å²) < 4.78 is 0. The van der Waals surface area contributed by atoms with Crippen LogP contribution in [-0.4, -0.2) is 18.6 Å². The second-order valence-electron chi connectivity index (χ2n) is 6.42. The molecule has 2 nitrogen and oxygen atoms in total. The lowest BCUT2D eigenvalue weighted by molar-refractivity contribution is 0.618. The minimum absolute atomic E-state index is 0.500. The Kier molecular flexibility index (Phi) is 6.38. The van der Waals surface area contributed by atoms with Gasteiger partial charge in [0.25, 0.3) is 0 Å². The molecule has 118 valence electrons. The molecule has 0 aromatic heterocycles. The number of nitrogens with one attached hydrogen (secondary N) is 1. The Hall–Kier alpha value is -0.730. The van der Waals surface area contributed by atoms with Crippen molar-refractivity contribution in [3.63, 3.8) is 0 Å². The third-order valence-corrected chi connectivity index (χ3v) is 4.38. The first kappa shape index (κ1) is 16.6. The van der Waals surface area contributed by atoms with E-state index in [0.29, 0.717) is 6.04 Å². The van der Waals surface area contributed by atoms with Crippen LogP contribution in [0.4, 0.5) is 5.69 Å². The molecule has 0 radical (unpaired) electrons. The summed E-state index contributed by atoms with van der Waals surface area (Å²) in [4.78, 5) is 2.51. The molecule has 1 aliphatic carbocycles.